The molecular formula is C19H20FNO4S2. The maximum absolute atomic E-state index is 13.5. The van der Waals surface area contributed by atoms with Gasteiger partial charge in [0.2, 0.25) is 0 Å². The molecule has 0 aliphatic carbocycles. The number of carbonyl (C=O) groups excluding carboxylic acids is 1. The number of rotatable bonds is 7. The number of carbonyl (C=O) groups is 1. The second kappa shape index (κ2) is 8.75. The van der Waals surface area contributed by atoms with E-state index in [9.17, 15) is 17.6 Å². The zero-order valence-corrected chi connectivity index (χ0v) is 16.2. The van der Waals surface area contributed by atoms with Crippen LogP contribution in [0.25, 0.3) is 0 Å². The molecule has 0 unspecified atom stereocenters. The van der Waals surface area contributed by atoms with Gasteiger partial charge in [-0.3, -0.25) is 4.79 Å². The third kappa shape index (κ3) is 5.46. The predicted octanol–water partition coefficient (Wildman–Crippen LogP) is 2.91. The first-order valence-electron chi connectivity index (χ1n) is 8.56. The van der Waals surface area contributed by atoms with Crippen LogP contribution < -0.4 is 10.1 Å². The van der Waals surface area contributed by atoms with E-state index in [1.807, 2.05) is 12.1 Å². The fourth-order valence-electron chi connectivity index (χ4n) is 2.77. The van der Waals surface area contributed by atoms with Crippen molar-refractivity contribution in [1.29, 1.82) is 0 Å². The molecule has 0 bridgehead atoms. The molecule has 1 heterocycles. The van der Waals surface area contributed by atoms with E-state index in [-0.39, 0.29) is 41.6 Å². The molecule has 144 valence electrons. The van der Waals surface area contributed by atoms with Crippen molar-refractivity contribution in [3.63, 3.8) is 0 Å². The highest BCUT2D eigenvalue weighted by Crippen LogP contribution is 2.33. The second-order valence-corrected chi connectivity index (χ2v) is 9.74. The van der Waals surface area contributed by atoms with Crippen LogP contribution in [0.2, 0.25) is 0 Å². The monoisotopic (exact) mass is 409 g/mol. The zero-order valence-electron chi connectivity index (χ0n) is 14.6. The Morgan fingerprint density at radius 3 is 2.67 bits per heavy atom. The zero-order chi connectivity index (χ0) is 19.3. The van der Waals surface area contributed by atoms with Crippen molar-refractivity contribution in [3.8, 4) is 5.75 Å². The molecule has 1 aliphatic rings. The molecule has 1 atom stereocenters. The average Bonchev–Trinajstić information content (AvgIpc) is 2.99. The van der Waals surface area contributed by atoms with Crippen molar-refractivity contribution >= 4 is 27.5 Å². The first-order valence-corrected chi connectivity index (χ1v) is 11.3. The van der Waals surface area contributed by atoms with E-state index in [1.54, 1.807) is 24.3 Å². The normalized spacial score (nSPS) is 18.2. The molecule has 0 radical (unpaired) electrons. The number of hydrogen-bond donors (Lipinski definition) is 1. The highest BCUT2D eigenvalue weighted by molar-refractivity contribution is 8.02. The molecule has 0 saturated carbocycles. The minimum atomic E-state index is -2.96. The van der Waals surface area contributed by atoms with Crippen molar-refractivity contribution in [2.75, 3.05) is 24.7 Å². The first-order chi connectivity index (χ1) is 12.9. The Kier molecular flexibility index (Phi) is 6.38. The number of nitrogens with one attached hydrogen (secondary N) is 1. The standard InChI is InChI=1S/C19H20FNO4S2/c20-16-6-2-3-7-17(16)25-11-10-21-19(22)15-5-1-4-8-18(15)26-14-9-12-27(23,24)13-14/h1-8,14H,9-13H2,(H,21,22)/t14-/m1/s1. The molecule has 27 heavy (non-hydrogen) atoms. The number of para-hydroxylation sites is 1. The van der Waals surface area contributed by atoms with Gasteiger partial charge in [0.1, 0.15) is 6.61 Å². The Morgan fingerprint density at radius 2 is 1.93 bits per heavy atom. The van der Waals surface area contributed by atoms with Gasteiger partial charge in [-0.1, -0.05) is 24.3 Å². The van der Waals surface area contributed by atoms with Crippen LogP contribution in [-0.2, 0) is 9.84 Å². The lowest BCUT2D eigenvalue weighted by molar-refractivity contribution is 0.0944. The van der Waals surface area contributed by atoms with Crippen LogP contribution in [-0.4, -0.2) is 44.2 Å². The van der Waals surface area contributed by atoms with Crippen molar-refractivity contribution in [3.05, 3.63) is 59.9 Å². The molecule has 0 aromatic heterocycles. The molecule has 1 fully saturated rings. The number of halogens is 1. The summed E-state index contributed by atoms with van der Waals surface area (Å²) < 4.78 is 42.1. The van der Waals surface area contributed by atoms with Crippen LogP contribution in [0.4, 0.5) is 4.39 Å². The lowest BCUT2D eigenvalue weighted by Crippen LogP contribution is -2.28. The first kappa shape index (κ1) is 19.7. The van der Waals surface area contributed by atoms with Crippen molar-refractivity contribution < 1.29 is 22.3 Å². The summed E-state index contributed by atoms with van der Waals surface area (Å²) in [7, 11) is -2.96. The average molecular weight is 410 g/mol. The van der Waals surface area contributed by atoms with Crippen molar-refractivity contribution in [2.24, 2.45) is 0 Å². The highest BCUT2D eigenvalue weighted by atomic mass is 32.2. The molecule has 0 spiro atoms. The maximum Gasteiger partial charge on any atom is 0.252 e. The lowest BCUT2D eigenvalue weighted by Gasteiger charge is -2.13. The number of sulfone groups is 1. The van der Waals surface area contributed by atoms with Gasteiger partial charge in [-0.25, -0.2) is 12.8 Å². The fraction of sp³-hybridized carbons (Fsp3) is 0.316. The molecule has 2 aromatic carbocycles. The minimum Gasteiger partial charge on any atom is -0.489 e. The summed E-state index contributed by atoms with van der Waals surface area (Å²) in [6.07, 6.45) is 0.597. The highest BCUT2D eigenvalue weighted by Gasteiger charge is 2.29. The number of thioether (sulfide) groups is 1. The van der Waals surface area contributed by atoms with E-state index in [2.05, 4.69) is 5.32 Å². The summed E-state index contributed by atoms with van der Waals surface area (Å²) in [6, 6.07) is 13.2. The van der Waals surface area contributed by atoms with E-state index < -0.39 is 15.7 Å². The van der Waals surface area contributed by atoms with Crippen LogP contribution in [0.5, 0.6) is 5.75 Å². The van der Waals surface area contributed by atoms with Gasteiger partial charge in [-0.05, 0) is 30.7 Å². The summed E-state index contributed by atoms with van der Waals surface area (Å²) in [6.45, 7) is 0.368. The third-order valence-electron chi connectivity index (χ3n) is 4.10. The maximum atomic E-state index is 13.5. The van der Waals surface area contributed by atoms with E-state index in [0.29, 0.717) is 12.0 Å². The molecule has 5 nitrogen and oxygen atoms in total. The SMILES string of the molecule is O=C(NCCOc1ccccc1F)c1ccccc1S[C@@H]1CCS(=O)(=O)C1. The lowest BCUT2D eigenvalue weighted by atomic mass is 10.2. The van der Waals surface area contributed by atoms with Crippen molar-refractivity contribution in [2.45, 2.75) is 16.6 Å². The van der Waals surface area contributed by atoms with Gasteiger partial charge in [0.05, 0.1) is 23.6 Å². The molecule has 2 aromatic rings. The Bertz CT molecular complexity index is 917. The third-order valence-corrected chi connectivity index (χ3v) is 7.42. The van der Waals surface area contributed by atoms with Gasteiger partial charge < -0.3 is 10.1 Å². The molecule has 1 N–H and O–H groups in total. The Hall–Kier alpha value is -2.06. The summed E-state index contributed by atoms with van der Waals surface area (Å²) in [5, 5.41) is 2.72. The number of amides is 1. The smallest absolute Gasteiger partial charge is 0.252 e. The van der Waals surface area contributed by atoms with Gasteiger partial charge in [0, 0.05) is 10.1 Å². The van der Waals surface area contributed by atoms with Gasteiger partial charge in [-0.2, -0.15) is 0 Å². The minimum absolute atomic E-state index is 0.0339. The van der Waals surface area contributed by atoms with Gasteiger partial charge in [-0.15, -0.1) is 11.8 Å². The number of benzene rings is 2. The fourth-order valence-corrected chi connectivity index (χ4v) is 6.40. The molecule has 1 amide bonds. The van der Waals surface area contributed by atoms with E-state index >= 15 is 0 Å². The number of hydrogen-bond acceptors (Lipinski definition) is 5. The van der Waals surface area contributed by atoms with Crippen molar-refractivity contribution in [1.82, 2.24) is 5.32 Å². The van der Waals surface area contributed by atoms with Crippen LogP contribution in [0.3, 0.4) is 0 Å². The molecule has 1 aliphatic heterocycles. The molecular weight excluding hydrogens is 389 g/mol. The quantitative estimate of drug-likeness (QED) is 0.712. The van der Waals surface area contributed by atoms with Crippen LogP contribution in [0.15, 0.2) is 53.4 Å². The van der Waals surface area contributed by atoms with E-state index in [4.69, 9.17) is 4.74 Å². The van der Waals surface area contributed by atoms with Crippen LogP contribution >= 0.6 is 11.8 Å². The summed E-state index contributed by atoms with van der Waals surface area (Å²) in [4.78, 5) is 13.2. The van der Waals surface area contributed by atoms with Crippen LogP contribution in [0.1, 0.15) is 16.8 Å². The largest absolute Gasteiger partial charge is 0.489 e. The van der Waals surface area contributed by atoms with Gasteiger partial charge in [0.15, 0.2) is 21.4 Å². The molecule has 1 saturated heterocycles. The topological polar surface area (TPSA) is 72.5 Å². The Morgan fingerprint density at radius 1 is 1.19 bits per heavy atom. The predicted molar refractivity (Wildman–Crippen MR) is 104 cm³/mol. The second-order valence-electron chi connectivity index (χ2n) is 6.17. The number of ether oxygens (including phenoxy) is 1. The van der Waals surface area contributed by atoms with Gasteiger partial charge >= 0.3 is 0 Å². The van der Waals surface area contributed by atoms with E-state index in [0.717, 1.165) is 4.90 Å². The summed E-state index contributed by atoms with van der Waals surface area (Å²) >= 11 is 1.43. The van der Waals surface area contributed by atoms with Crippen LogP contribution in [0, 0.1) is 5.82 Å². The van der Waals surface area contributed by atoms with E-state index in [1.165, 1.54) is 23.9 Å². The summed E-state index contributed by atoms with van der Waals surface area (Å²) in [5.41, 5.74) is 0.498. The Labute approximate surface area is 162 Å². The summed E-state index contributed by atoms with van der Waals surface area (Å²) in [5.74, 6) is -0.227. The molecule has 3 rings (SSSR count). The molecule has 8 heteroatoms. The Balaban J connectivity index is 1.55. The van der Waals surface area contributed by atoms with Gasteiger partial charge in [0.25, 0.3) is 5.91 Å².